The van der Waals surface area contributed by atoms with Gasteiger partial charge in [0.1, 0.15) is 17.9 Å². The maximum absolute atomic E-state index is 12.7. The molecule has 1 N–H and O–H groups in total. The lowest BCUT2D eigenvalue weighted by atomic mass is 9.86. The average Bonchev–Trinajstić information content (AvgIpc) is 3.13. The van der Waals surface area contributed by atoms with Gasteiger partial charge in [-0.3, -0.25) is 4.79 Å². The molecule has 1 aliphatic rings. The first-order chi connectivity index (χ1) is 13.9. The van der Waals surface area contributed by atoms with Crippen LogP contribution < -0.4 is 10.1 Å². The molecule has 1 aromatic heterocycles. The molecule has 1 heterocycles. The number of carbonyl (C=O) groups is 2. The molecular formula is C22H28N2O4S. The Balaban J connectivity index is 1.58. The van der Waals surface area contributed by atoms with Crippen LogP contribution in [0, 0.1) is 12.8 Å². The van der Waals surface area contributed by atoms with Crippen LogP contribution in [0.4, 0.5) is 0 Å². The number of para-hydroxylation sites is 1. The molecular weight excluding hydrogens is 388 g/mol. The standard InChI is InChI=1S/C22H28N2O4S/c1-14-8-4-6-10-19(14)24-21(25)15(2)28-22(26)18-9-5-7-11-20(18)27-12-17-13-29-16(3)23-17/h5,7,9,11,13-15,19H,4,6,8,10,12H2,1-3H3,(H,24,25)/t14-,15+,19+/m0/s1. The largest absolute Gasteiger partial charge is 0.486 e. The zero-order valence-electron chi connectivity index (χ0n) is 17.1. The number of amides is 1. The van der Waals surface area contributed by atoms with Gasteiger partial charge in [-0.1, -0.05) is 31.9 Å². The maximum atomic E-state index is 12.7. The first kappa shape index (κ1) is 21.3. The van der Waals surface area contributed by atoms with E-state index in [0.717, 1.165) is 30.0 Å². The Hall–Kier alpha value is -2.41. The zero-order valence-corrected chi connectivity index (χ0v) is 18.0. The monoisotopic (exact) mass is 416 g/mol. The molecule has 0 radical (unpaired) electrons. The number of ether oxygens (including phenoxy) is 2. The number of hydrogen-bond donors (Lipinski definition) is 1. The highest BCUT2D eigenvalue weighted by molar-refractivity contribution is 7.09. The van der Waals surface area contributed by atoms with Crippen molar-refractivity contribution in [3.63, 3.8) is 0 Å². The summed E-state index contributed by atoms with van der Waals surface area (Å²) in [6, 6.07) is 7.03. The minimum absolute atomic E-state index is 0.148. The Morgan fingerprint density at radius 2 is 2.03 bits per heavy atom. The quantitative estimate of drug-likeness (QED) is 0.682. The molecule has 7 heteroatoms. The molecule has 3 rings (SSSR count). The summed E-state index contributed by atoms with van der Waals surface area (Å²) in [6.07, 6.45) is 3.54. The van der Waals surface area contributed by atoms with Gasteiger partial charge in [0.2, 0.25) is 0 Å². The highest BCUT2D eigenvalue weighted by atomic mass is 32.1. The van der Waals surface area contributed by atoms with Crippen molar-refractivity contribution in [3.8, 4) is 5.75 Å². The first-order valence-corrected chi connectivity index (χ1v) is 11.0. The lowest BCUT2D eigenvalue weighted by Gasteiger charge is -2.30. The minimum Gasteiger partial charge on any atom is -0.486 e. The van der Waals surface area contributed by atoms with Gasteiger partial charge in [-0.15, -0.1) is 11.3 Å². The maximum Gasteiger partial charge on any atom is 0.342 e. The van der Waals surface area contributed by atoms with Crippen LogP contribution in [0.5, 0.6) is 5.75 Å². The van der Waals surface area contributed by atoms with Crippen molar-refractivity contribution in [1.29, 1.82) is 0 Å². The number of benzene rings is 1. The molecule has 6 nitrogen and oxygen atoms in total. The van der Waals surface area contributed by atoms with Crippen molar-refractivity contribution >= 4 is 23.2 Å². The lowest BCUT2D eigenvalue weighted by Crippen LogP contribution is -2.46. The van der Waals surface area contributed by atoms with Crippen molar-refractivity contribution in [2.75, 3.05) is 0 Å². The van der Waals surface area contributed by atoms with Gasteiger partial charge in [-0.2, -0.15) is 0 Å². The van der Waals surface area contributed by atoms with Crippen LogP contribution in [0.25, 0.3) is 0 Å². The second-order valence-electron chi connectivity index (χ2n) is 7.57. The fourth-order valence-electron chi connectivity index (χ4n) is 3.50. The summed E-state index contributed by atoms with van der Waals surface area (Å²) < 4.78 is 11.2. The lowest BCUT2D eigenvalue weighted by molar-refractivity contribution is -0.130. The predicted octanol–water partition coefficient (Wildman–Crippen LogP) is 4.27. The highest BCUT2D eigenvalue weighted by Crippen LogP contribution is 2.24. The Labute approximate surface area is 175 Å². The topological polar surface area (TPSA) is 77.5 Å². The van der Waals surface area contributed by atoms with Gasteiger partial charge >= 0.3 is 5.97 Å². The SMILES string of the molecule is Cc1nc(COc2ccccc2C(=O)O[C@H](C)C(=O)N[C@@H]2CCCC[C@@H]2C)cs1. The number of nitrogens with zero attached hydrogens (tertiary/aromatic N) is 1. The molecule has 0 saturated heterocycles. The molecule has 3 atom stereocenters. The summed E-state index contributed by atoms with van der Waals surface area (Å²) in [5.41, 5.74) is 1.11. The van der Waals surface area contributed by atoms with E-state index in [4.69, 9.17) is 9.47 Å². The first-order valence-electron chi connectivity index (χ1n) is 10.1. The molecule has 156 valence electrons. The van der Waals surface area contributed by atoms with Crippen LogP contribution in [0.15, 0.2) is 29.6 Å². The van der Waals surface area contributed by atoms with E-state index in [0.29, 0.717) is 17.2 Å². The highest BCUT2D eigenvalue weighted by Gasteiger charge is 2.27. The summed E-state index contributed by atoms with van der Waals surface area (Å²) in [5.74, 6) is 0.0265. The number of nitrogens with one attached hydrogen (secondary N) is 1. The molecule has 1 aromatic carbocycles. The van der Waals surface area contributed by atoms with Gasteiger partial charge in [0.15, 0.2) is 6.10 Å². The number of esters is 1. The Morgan fingerprint density at radius 3 is 2.76 bits per heavy atom. The Morgan fingerprint density at radius 1 is 1.28 bits per heavy atom. The summed E-state index contributed by atoms with van der Waals surface area (Å²) in [5, 5.41) is 5.92. The van der Waals surface area contributed by atoms with E-state index in [1.807, 2.05) is 12.3 Å². The van der Waals surface area contributed by atoms with Crippen molar-refractivity contribution in [2.45, 2.75) is 65.2 Å². The van der Waals surface area contributed by atoms with E-state index >= 15 is 0 Å². The molecule has 0 spiro atoms. The van der Waals surface area contributed by atoms with Crippen LogP contribution in [-0.2, 0) is 16.1 Å². The number of thiazole rings is 1. The third-order valence-corrected chi connectivity index (χ3v) is 6.06. The van der Waals surface area contributed by atoms with Gasteiger partial charge in [-0.25, -0.2) is 9.78 Å². The molecule has 1 fully saturated rings. The number of aryl methyl sites for hydroxylation is 1. The zero-order chi connectivity index (χ0) is 20.8. The van der Waals surface area contributed by atoms with Gasteiger partial charge in [0.25, 0.3) is 5.91 Å². The number of aromatic nitrogens is 1. The van der Waals surface area contributed by atoms with E-state index in [-0.39, 0.29) is 18.6 Å². The average molecular weight is 417 g/mol. The van der Waals surface area contributed by atoms with Gasteiger partial charge in [0.05, 0.1) is 10.7 Å². The molecule has 0 unspecified atom stereocenters. The van der Waals surface area contributed by atoms with E-state index < -0.39 is 12.1 Å². The fourth-order valence-corrected chi connectivity index (χ4v) is 4.09. The molecule has 0 aliphatic heterocycles. The van der Waals surface area contributed by atoms with E-state index in [1.54, 1.807) is 42.5 Å². The minimum atomic E-state index is -0.870. The van der Waals surface area contributed by atoms with Crippen molar-refractivity contribution in [1.82, 2.24) is 10.3 Å². The Kier molecular flexibility index (Phi) is 7.25. The number of hydrogen-bond acceptors (Lipinski definition) is 6. The molecule has 1 amide bonds. The van der Waals surface area contributed by atoms with E-state index in [1.165, 1.54) is 6.42 Å². The van der Waals surface area contributed by atoms with E-state index in [2.05, 4.69) is 17.2 Å². The van der Waals surface area contributed by atoms with Crippen LogP contribution in [0.3, 0.4) is 0 Å². The second-order valence-corrected chi connectivity index (χ2v) is 8.63. The van der Waals surface area contributed by atoms with E-state index in [9.17, 15) is 9.59 Å². The van der Waals surface area contributed by atoms with Crippen LogP contribution >= 0.6 is 11.3 Å². The Bertz CT molecular complexity index is 851. The summed E-state index contributed by atoms with van der Waals surface area (Å²) in [7, 11) is 0. The predicted molar refractivity (Wildman–Crippen MR) is 112 cm³/mol. The van der Waals surface area contributed by atoms with Gasteiger partial charge in [0, 0.05) is 11.4 Å². The number of rotatable bonds is 7. The second kappa shape index (κ2) is 9.87. The van der Waals surface area contributed by atoms with Crippen LogP contribution in [0.1, 0.15) is 60.6 Å². The smallest absolute Gasteiger partial charge is 0.342 e. The molecule has 1 aliphatic carbocycles. The van der Waals surface area contributed by atoms with Crippen LogP contribution in [0.2, 0.25) is 0 Å². The molecule has 0 bridgehead atoms. The van der Waals surface area contributed by atoms with Crippen LogP contribution in [-0.4, -0.2) is 29.0 Å². The molecule has 29 heavy (non-hydrogen) atoms. The third-order valence-electron chi connectivity index (χ3n) is 5.24. The fraction of sp³-hybridized carbons (Fsp3) is 0.500. The third kappa shape index (κ3) is 5.79. The normalized spacial score (nSPS) is 20.0. The number of carbonyl (C=O) groups excluding carboxylic acids is 2. The van der Waals surface area contributed by atoms with Crippen molar-refractivity contribution < 1.29 is 19.1 Å². The molecule has 1 saturated carbocycles. The van der Waals surface area contributed by atoms with Gasteiger partial charge < -0.3 is 14.8 Å². The summed E-state index contributed by atoms with van der Waals surface area (Å²) in [4.78, 5) is 29.5. The van der Waals surface area contributed by atoms with Gasteiger partial charge in [-0.05, 0) is 44.7 Å². The summed E-state index contributed by atoms with van der Waals surface area (Å²) >= 11 is 1.55. The van der Waals surface area contributed by atoms with Crippen molar-refractivity contribution in [2.24, 2.45) is 5.92 Å². The molecule has 2 aromatic rings. The van der Waals surface area contributed by atoms with Crippen molar-refractivity contribution in [3.05, 3.63) is 45.9 Å². The summed E-state index contributed by atoms with van der Waals surface area (Å²) in [6.45, 7) is 5.95.